The van der Waals surface area contributed by atoms with Gasteiger partial charge in [-0.2, -0.15) is 0 Å². The highest BCUT2D eigenvalue weighted by Gasteiger charge is 2.35. The van der Waals surface area contributed by atoms with Gasteiger partial charge < -0.3 is 14.4 Å². The molecule has 0 N–H and O–H groups in total. The van der Waals surface area contributed by atoms with Gasteiger partial charge in [0, 0.05) is 19.1 Å². The molecule has 1 aliphatic heterocycles. The number of rotatable bonds is 2. The number of hydrogen-bond donors (Lipinski definition) is 0. The van der Waals surface area contributed by atoms with Crippen molar-refractivity contribution in [2.75, 3.05) is 21.2 Å². The van der Waals surface area contributed by atoms with E-state index in [0.717, 1.165) is 6.42 Å². The zero-order valence-electron chi connectivity index (χ0n) is 13.3. The zero-order chi connectivity index (χ0) is 14.0. The summed E-state index contributed by atoms with van der Waals surface area (Å²) < 4.78 is 11.0. The average molecular weight is 247 g/mol. The molecule has 4 unspecified atom stereocenters. The molecule has 1 heterocycles. The fraction of sp³-hybridized carbons (Fsp3) is 1.00. The molecule has 0 radical (unpaired) electrons. The van der Waals surface area contributed by atoms with Gasteiger partial charge in [0.15, 0.2) is 6.29 Å². The first-order chi connectivity index (χ1) is 8.06. The molecule has 0 aromatic heterocycles. The molecule has 0 aromatic rings. The summed E-state index contributed by atoms with van der Waals surface area (Å²) in [5.41, 5.74) is 0. The van der Waals surface area contributed by atoms with Crippen LogP contribution in [0.2, 0.25) is 0 Å². The molecular weight excluding hydrogens is 214 g/mol. The second-order valence-electron chi connectivity index (χ2n) is 4.18. The highest BCUT2D eigenvalue weighted by Crippen LogP contribution is 2.27. The van der Waals surface area contributed by atoms with E-state index in [9.17, 15) is 0 Å². The van der Waals surface area contributed by atoms with Crippen molar-refractivity contribution in [1.82, 2.24) is 4.90 Å². The second-order valence-corrected chi connectivity index (χ2v) is 4.18. The quantitative estimate of drug-likeness (QED) is 0.746. The van der Waals surface area contributed by atoms with E-state index in [4.69, 9.17) is 9.47 Å². The van der Waals surface area contributed by atoms with Crippen molar-refractivity contribution in [2.45, 2.75) is 66.4 Å². The van der Waals surface area contributed by atoms with Crippen LogP contribution in [0.1, 0.15) is 48.0 Å². The Bertz CT molecular complexity index is 162. The molecule has 0 saturated carbocycles. The van der Waals surface area contributed by atoms with Gasteiger partial charge in [0.05, 0.1) is 6.10 Å². The van der Waals surface area contributed by atoms with E-state index in [1.165, 1.54) is 0 Å². The van der Waals surface area contributed by atoms with Crippen LogP contribution in [0.3, 0.4) is 0 Å². The first-order valence-electron chi connectivity index (χ1n) is 6.91. The first kappa shape index (κ1) is 19.2. The molecule has 1 aliphatic rings. The lowest BCUT2D eigenvalue weighted by Crippen LogP contribution is -2.48. The molecule has 1 rings (SSSR count). The third-order valence-corrected chi connectivity index (χ3v) is 2.87. The van der Waals surface area contributed by atoms with Crippen LogP contribution in [0.4, 0.5) is 0 Å². The van der Waals surface area contributed by atoms with Gasteiger partial charge in [0.2, 0.25) is 0 Å². The van der Waals surface area contributed by atoms with Crippen molar-refractivity contribution in [1.29, 1.82) is 0 Å². The van der Waals surface area contributed by atoms with Crippen LogP contribution in [-0.2, 0) is 9.47 Å². The Hall–Kier alpha value is -0.120. The van der Waals surface area contributed by atoms with Gasteiger partial charge in [-0.1, -0.05) is 34.6 Å². The topological polar surface area (TPSA) is 21.7 Å². The first-order valence-corrected chi connectivity index (χ1v) is 6.91. The summed E-state index contributed by atoms with van der Waals surface area (Å²) in [6, 6.07) is 0.564. The Kier molecular flexibility index (Phi) is 12.4. The minimum atomic E-state index is -0.0452. The maximum Gasteiger partial charge on any atom is 0.161 e. The summed E-state index contributed by atoms with van der Waals surface area (Å²) in [5, 5.41) is 0. The minimum absolute atomic E-state index is 0.0452. The molecule has 4 atom stereocenters. The van der Waals surface area contributed by atoms with Crippen molar-refractivity contribution in [2.24, 2.45) is 5.92 Å². The lowest BCUT2D eigenvalue weighted by atomic mass is 9.92. The summed E-state index contributed by atoms with van der Waals surface area (Å²) in [6.07, 6.45) is 1.35. The van der Waals surface area contributed by atoms with Crippen molar-refractivity contribution < 1.29 is 9.47 Å². The molecule has 0 aliphatic carbocycles. The summed E-state index contributed by atoms with van der Waals surface area (Å²) >= 11 is 0. The SMILES string of the molecule is CC.CC.COC1OC(C)CC(N(C)C)C1C. The van der Waals surface area contributed by atoms with Crippen molar-refractivity contribution in [3.05, 3.63) is 0 Å². The Balaban J connectivity index is 0. The van der Waals surface area contributed by atoms with Gasteiger partial charge in [-0.05, 0) is 27.4 Å². The van der Waals surface area contributed by atoms with Crippen molar-refractivity contribution >= 4 is 0 Å². The molecule has 0 spiro atoms. The molecule has 106 valence electrons. The van der Waals surface area contributed by atoms with Crippen LogP contribution in [0.5, 0.6) is 0 Å². The minimum Gasteiger partial charge on any atom is -0.356 e. The lowest BCUT2D eigenvalue weighted by molar-refractivity contribution is -0.217. The van der Waals surface area contributed by atoms with Gasteiger partial charge in [-0.25, -0.2) is 0 Å². The standard InChI is InChI=1S/C10H21NO2.2C2H6/c1-7-6-9(11(3)4)8(2)10(12-5)13-7;2*1-2/h7-10H,6H2,1-5H3;2*1-2H3. The Labute approximate surface area is 108 Å². The molecule has 3 nitrogen and oxygen atoms in total. The Morgan fingerprint density at radius 1 is 1.06 bits per heavy atom. The highest BCUT2D eigenvalue weighted by molar-refractivity contribution is 4.82. The predicted octanol–water partition coefficient (Wildman–Crippen LogP) is 3.39. The van der Waals surface area contributed by atoms with E-state index in [-0.39, 0.29) is 6.29 Å². The van der Waals surface area contributed by atoms with Crippen LogP contribution in [0.25, 0.3) is 0 Å². The summed E-state index contributed by atoms with van der Waals surface area (Å²) in [5.74, 6) is 0.441. The fourth-order valence-corrected chi connectivity index (χ4v) is 2.10. The maximum absolute atomic E-state index is 5.68. The van der Waals surface area contributed by atoms with E-state index in [0.29, 0.717) is 18.1 Å². The fourth-order valence-electron chi connectivity index (χ4n) is 2.10. The van der Waals surface area contributed by atoms with E-state index in [1.807, 2.05) is 27.7 Å². The lowest BCUT2D eigenvalue weighted by Gasteiger charge is -2.41. The molecule has 0 bridgehead atoms. The summed E-state index contributed by atoms with van der Waals surface area (Å²) in [6.45, 7) is 12.3. The Morgan fingerprint density at radius 2 is 1.53 bits per heavy atom. The van der Waals surface area contributed by atoms with E-state index < -0.39 is 0 Å². The number of hydrogen-bond acceptors (Lipinski definition) is 3. The smallest absolute Gasteiger partial charge is 0.161 e. The van der Waals surface area contributed by atoms with Crippen LogP contribution in [0, 0.1) is 5.92 Å². The van der Waals surface area contributed by atoms with Gasteiger partial charge in [0.25, 0.3) is 0 Å². The summed E-state index contributed by atoms with van der Waals surface area (Å²) in [4.78, 5) is 2.26. The largest absolute Gasteiger partial charge is 0.356 e. The van der Waals surface area contributed by atoms with Crippen LogP contribution in [0.15, 0.2) is 0 Å². The molecule has 1 fully saturated rings. The van der Waals surface area contributed by atoms with Gasteiger partial charge in [-0.15, -0.1) is 0 Å². The zero-order valence-corrected chi connectivity index (χ0v) is 13.3. The van der Waals surface area contributed by atoms with Crippen LogP contribution >= 0.6 is 0 Å². The third-order valence-electron chi connectivity index (χ3n) is 2.87. The monoisotopic (exact) mass is 247 g/mol. The summed E-state index contributed by atoms with van der Waals surface area (Å²) in [7, 11) is 5.95. The number of methoxy groups -OCH3 is 1. The predicted molar refractivity (Wildman–Crippen MR) is 75.3 cm³/mol. The van der Waals surface area contributed by atoms with E-state index in [2.05, 4.69) is 32.8 Å². The van der Waals surface area contributed by atoms with E-state index >= 15 is 0 Å². The van der Waals surface area contributed by atoms with Gasteiger partial charge in [-0.3, -0.25) is 0 Å². The number of ether oxygens (including phenoxy) is 2. The maximum atomic E-state index is 5.68. The Morgan fingerprint density at radius 3 is 1.88 bits per heavy atom. The molecule has 3 heteroatoms. The molecular formula is C14H33NO2. The normalized spacial score (nSPS) is 32.1. The number of nitrogens with zero attached hydrogens (tertiary/aromatic N) is 1. The third kappa shape index (κ3) is 6.39. The van der Waals surface area contributed by atoms with Crippen LogP contribution < -0.4 is 0 Å². The molecule has 1 saturated heterocycles. The molecule has 17 heavy (non-hydrogen) atoms. The molecule has 0 amide bonds. The van der Waals surface area contributed by atoms with Crippen molar-refractivity contribution in [3.8, 4) is 0 Å². The van der Waals surface area contributed by atoms with E-state index in [1.54, 1.807) is 7.11 Å². The van der Waals surface area contributed by atoms with Crippen LogP contribution in [-0.4, -0.2) is 44.5 Å². The molecule has 0 aromatic carbocycles. The van der Waals surface area contributed by atoms with Gasteiger partial charge >= 0.3 is 0 Å². The highest BCUT2D eigenvalue weighted by atomic mass is 16.7. The van der Waals surface area contributed by atoms with Crippen molar-refractivity contribution in [3.63, 3.8) is 0 Å². The average Bonchev–Trinajstić information content (AvgIpc) is 2.36. The van der Waals surface area contributed by atoms with Gasteiger partial charge in [0.1, 0.15) is 0 Å². The second kappa shape index (κ2) is 11.0.